The predicted octanol–water partition coefficient (Wildman–Crippen LogP) is 1.99. The third-order valence-corrected chi connectivity index (χ3v) is 3.37. The van der Waals surface area contributed by atoms with E-state index in [1.165, 1.54) is 25.9 Å². The number of likely N-dealkylation sites (tertiary alicyclic amines) is 1. The van der Waals surface area contributed by atoms with Crippen LogP contribution in [0.1, 0.15) is 46.5 Å². The highest BCUT2D eigenvalue weighted by Gasteiger charge is 2.31. The maximum absolute atomic E-state index is 5.91. The third-order valence-electron chi connectivity index (χ3n) is 3.37. The highest BCUT2D eigenvalue weighted by Crippen LogP contribution is 2.28. The van der Waals surface area contributed by atoms with Crippen molar-refractivity contribution in [3.8, 4) is 0 Å². The highest BCUT2D eigenvalue weighted by molar-refractivity contribution is 4.87. The first-order valence-corrected chi connectivity index (χ1v) is 5.57. The second-order valence-corrected chi connectivity index (χ2v) is 4.86. The molecule has 13 heavy (non-hydrogen) atoms. The lowest BCUT2D eigenvalue weighted by Crippen LogP contribution is -2.40. The Labute approximate surface area is 82.5 Å². The molecule has 1 saturated heterocycles. The van der Waals surface area contributed by atoms with Gasteiger partial charge in [0.25, 0.3) is 0 Å². The van der Waals surface area contributed by atoms with Gasteiger partial charge in [0.05, 0.1) is 0 Å². The molecule has 1 unspecified atom stereocenters. The van der Waals surface area contributed by atoms with E-state index >= 15 is 0 Å². The van der Waals surface area contributed by atoms with Crippen LogP contribution in [0.4, 0.5) is 0 Å². The average Bonchev–Trinajstić information content (AvgIpc) is 2.41. The monoisotopic (exact) mass is 184 g/mol. The number of hydrogen-bond acceptors (Lipinski definition) is 2. The zero-order valence-electron chi connectivity index (χ0n) is 9.34. The van der Waals surface area contributed by atoms with Crippen molar-refractivity contribution >= 4 is 0 Å². The molecule has 78 valence electrons. The maximum atomic E-state index is 5.91. The molecule has 0 aromatic heterocycles. The first kappa shape index (κ1) is 11.0. The summed E-state index contributed by atoms with van der Waals surface area (Å²) in [6, 6.07) is 0.399. The third kappa shape index (κ3) is 2.96. The van der Waals surface area contributed by atoms with E-state index in [1.54, 1.807) is 0 Å². The Balaban J connectivity index is 2.28. The standard InChI is InChI=1S/C11H24N2/c1-4-10(12)6-9-13-8-5-7-11(13,2)3/h10H,4-9,12H2,1-3H3. The maximum Gasteiger partial charge on any atom is 0.0153 e. The van der Waals surface area contributed by atoms with E-state index in [0.29, 0.717) is 11.6 Å². The first-order chi connectivity index (χ1) is 6.06. The van der Waals surface area contributed by atoms with E-state index in [0.717, 1.165) is 12.8 Å². The van der Waals surface area contributed by atoms with E-state index in [4.69, 9.17) is 5.73 Å². The van der Waals surface area contributed by atoms with Gasteiger partial charge in [-0.25, -0.2) is 0 Å². The number of nitrogens with two attached hydrogens (primary N) is 1. The Bertz CT molecular complexity index is 154. The Morgan fingerprint density at radius 3 is 2.62 bits per heavy atom. The summed E-state index contributed by atoms with van der Waals surface area (Å²) in [6.45, 7) is 9.31. The minimum absolute atomic E-state index is 0.399. The second kappa shape index (κ2) is 4.43. The zero-order valence-corrected chi connectivity index (χ0v) is 9.34. The quantitative estimate of drug-likeness (QED) is 0.724. The summed E-state index contributed by atoms with van der Waals surface area (Å²) in [6.07, 6.45) is 4.96. The molecule has 1 aliphatic rings. The smallest absolute Gasteiger partial charge is 0.0153 e. The molecule has 0 saturated carbocycles. The van der Waals surface area contributed by atoms with Crippen LogP contribution in [0, 0.1) is 0 Å². The highest BCUT2D eigenvalue weighted by atomic mass is 15.2. The molecule has 2 N–H and O–H groups in total. The first-order valence-electron chi connectivity index (χ1n) is 5.57. The molecule has 0 aromatic rings. The minimum Gasteiger partial charge on any atom is -0.328 e. The van der Waals surface area contributed by atoms with E-state index in [2.05, 4.69) is 25.7 Å². The van der Waals surface area contributed by atoms with Crippen LogP contribution in [0.2, 0.25) is 0 Å². The van der Waals surface area contributed by atoms with Crippen LogP contribution in [0.25, 0.3) is 0 Å². The van der Waals surface area contributed by atoms with Gasteiger partial charge in [-0.05, 0) is 46.1 Å². The van der Waals surface area contributed by atoms with Gasteiger partial charge in [-0.15, -0.1) is 0 Å². The predicted molar refractivity (Wildman–Crippen MR) is 57.8 cm³/mol. The van der Waals surface area contributed by atoms with E-state index in [1.807, 2.05) is 0 Å². The molecular weight excluding hydrogens is 160 g/mol. The number of nitrogens with zero attached hydrogens (tertiary/aromatic N) is 1. The molecule has 0 aromatic carbocycles. The molecule has 0 bridgehead atoms. The van der Waals surface area contributed by atoms with Gasteiger partial charge in [-0.1, -0.05) is 6.92 Å². The van der Waals surface area contributed by atoms with Crippen molar-refractivity contribution < 1.29 is 0 Å². The van der Waals surface area contributed by atoms with E-state index in [9.17, 15) is 0 Å². The minimum atomic E-state index is 0.399. The Morgan fingerprint density at radius 1 is 1.46 bits per heavy atom. The van der Waals surface area contributed by atoms with Crippen molar-refractivity contribution in [1.29, 1.82) is 0 Å². The van der Waals surface area contributed by atoms with Crippen molar-refractivity contribution in [3.63, 3.8) is 0 Å². The van der Waals surface area contributed by atoms with Crippen LogP contribution in [-0.4, -0.2) is 29.6 Å². The van der Waals surface area contributed by atoms with Gasteiger partial charge < -0.3 is 5.73 Å². The molecule has 1 atom stereocenters. The molecule has 1 rings (SSSR count). The molecule has 0 radical (unpaired) electrons. The van der Waals surface area contributed by atoms with Gasteiger partial charge in [0.2, 0.25) is 0 Å². The van der Waals surface area contributed by atoms with Crippen molar-refractivity contribution in [2.24, 2.45) is 5.73 Å². The van der Waals surface area contributed by atoms with Crippen molar-refractivity contribution in [2.45, 2.75) is 58.0 Å². The fourth-order valence-corrected chi connectivity index (χ4v) is 2.10. The van der Waals surface area contributed by atoms with Gasteiger partial charge in [-0.3, -0.25) is 4.90 Å². The summed E-state index contributed by atoms with van der Waals surface area (Å²) in [5.74, 6) is 0. The van der Waals surface area contributed by atoms with Crippen molar-refractivity contribution in [3.05, 3.63) is 0 Å². The van der Waals surface area contributed by atoms with Gasteiger partial charge in [0, 0.05) is 18.1 Å². The van der Waals surface area contributed by atoms with Crippen LogP contribution in [0.15, 0.2) is 0 Å². The van der Waals surface area contributed by atoms with E-state index in [-0.39, 0.29) is 0 Å². The second-order valence-electron chi connectivity index (χ2n) is 4.86. The Morgan fingerprint density at radius 2 is 2.15 bits per heavy atom. The van der Waals surface area contributed by atoms with Gasteiger partial charge in [0.1, 0.15) is 0 Å². The van der Waals surface area contributed by atoms with Crippen LogP contribution >= 0.6 is 0 Å². The summed E-state index contributed by atoms with van der Waals surface area (Å²) in [4.78, 5) is 2.59. The molecule has 0 aliphatic carbocycles. The molecule has 2 nitrogen and oxygen atoms in total. The fourth-order valence-electron chi connectivity index (χ4n) is 2.10. The SMILES string of the molecule is CCC(N)CCN1CCCC1(C)C. The molecule has 1 aliphatic heterocycles. The number of hydrogen-bond donors (Lipinski definition) is 1. The summed E-state index contributed by atoms with van der Waals surface area (Å²) < 4.78 is 0. The lowest BCUT2D eigenvalue weighted by atomic mass is 10.0. The van der Waals surface area contributed by atoms with Crippen LogP contribution in [-0.2, 0) is 0 Å². The lowest BCUT2D eigenvalue weighted by Gasteiger charge is -2.32. The molecular formula is C11H24N2. The van der Waals surface area contributed by atoms with Gasteiger partial charge >= 0.3 is 0 Å². The van der Waals surface area contributed by atoms with Crippen LogP contribution in [0.3, 0.4) is 0 Å². The summed E-state index contributed by atoms with van der Waals surface area (Å²) >= 11 is 0. The Kier molecular flexibility index (Phi) is 3.74. The lowest BCUT2D eigenvalue weighted by molar-refractivity contribution is 0.169. The van der Waals surface area contributed by atoms with Gasteiger partial charge in [0.15, 0.2) is 0 Å². The number of rotatable bonds is 4. The summed E-state index contributed by atoms with van der Waals surface area (Å²) in [5, 5.41) is 0. The molecule has 1 fully saturated rings. The normalized spacial score (nSPS) is 24.9. The zero-order chi connectivity index (χ0) is 9.90. The average molecular weight is 184 g/mol. The topological polar surface area (TPSA) is 29.3 Å². The summed E-state index contributed by atoms with van der Waals surface area (Å²) in [5.41, 5.74) is 6.34. The largest absolute Gasteiger partial charge is 0.328 e. The molecule has 1 heterocycles. The molecule has 2 heteroatoms. The Hall–Kier alpha value is -0.0800. The molecule has 0 amide bonds. The van der Waals surface area contributed by atoms with Crippen LogP contribution in [0.5, 0.6) is 0 Å². The summed E-state index contributed by atoms with van der Waals surface area (Å²) in [7, 11) is 0. The fraction of sp³-hybridized carbons (Fsp3) is 1.00. The van der Waals surface area contributed by atoms with Gasteiger partial charge in [-0.2, -0.15) is 0 Å². The van der Waals surface area contributed by atoms with Crippen LogP contribution < -0.4 is 5.73 Å². The van der Waals surface area contributed by atoms with Crippen molar-refractivity contribution in [2.75, 3.05) is 13.1 Å². The van der Waals surface area contributed by atoms with Crippen molar-refractivity contribution in [1.82, 2.24) is 4.90 Å². The van der Waals surface area contributed by atoms with E-state index < -0.39 is 0 Å². The molecule has 0 spiro atoms.